The topological polar surface area (TPSA) is 95.6 Å². The smallest absolute Gasteiger partial charge is 0.353 e. The molecule has 2 amide bonds. The fourth-order valence-electron chi connectivity index (χ4n) is 5.50. The van der Waals surface area contributed by atoms with E-state index in [0.717, 1.165) is 32.1 Å². The quantitative estimate of drug-likeness (QED) is 0.403. The lowest BCUT2D eigenvalue weighted by Crippen LogP contribution is -2.48. The summed E-state index contributed by atoms with van der Waals surface area (Å²) in [6.07, 6.45) is -5.15. The van der Waals surface area contributed by atoms with Gasteiger partial charge < -0.3 is 5.32 Å². The lowest BCUT2D eigenvalue weighted by atomic mass is 9.90. The number of nitrogens with one attached hydrogen (secondary N) is 2. The van der Waals surface area contributed by atoms with Crippen LogP contribution >= 0.6 is 0 Å². The summed E-state index contributed by atoms with van der Waals surface area (Å²) in [7, 11) is -4.50. The molecule has 0 radical (unpaired) electrons. The average molecular weight is 620 g/mol. The van der Waals surface area contributed by atoms with Gasteiger partial charge in [-0.25, -0.2) is 13.1 Å². The van der Waals surface area contributed by atoms with Crippen LogP contribution in [0.2, 0.25) is 0 Å². The first kappa shape index (κ1) is 31.8. The van der Waals surface area contributed by atoms with Crippen molar-refractivity contribution in [1.29, 1.82) is 0 Å². The van der Waals surface area contributed by atoms with Crippen molar-refractivity contribution in [2.24, 2.45) is 5.92 Å². The third-order valence-corrected chi connectivity index (χ3v) is 9.04. The van der Waals surface area contributed by atoms with Crippen molar-refractivity contribution in [2.75, 3.05) is 13.1 Å². The Morgan fingerprint density at radius 3 is 1.88 bits per heavy atom. The SMILES string of the molecule is O=C(NC1CCCCC1)C1CCN(C(C(=O)NS(=O)(=O)c2ccccc2)c2cc(C(F)(F)F)cc(C(F)(F)F)c2)CC1. The van der Waals surface area contributed by atoms with E-state index in [2.05, 4.69) is 5.32 Å². The molecular formula is C28H31F6N3O4S. The molecule has 1 atom stereocenters. The summed E-state index contributed by atoms with van der Waals surface area (Å²) in [5.74, 6) is -1.96. The Morgan fingerprint density at radius 1 is 0.810 bits per heavy atom. The van der Waals surface area contributed by atoms with Crippen LogP contribution in [0.3, 0.4) is 0 Å². The molecule has 230 valence electrons. The van der Waals surface area contributed by atoms with E-state index in [4.69, 9.17) is 0 Å². The van der Waals surface area contributed by atoms with Gasteiger partial charge >= 0.3 is 12.4 Å². The normalized spacial score (nSPS) is 18.8. The minimum absolute atomic E-state index is 0.0379. The molecule has 1 unspecified atom stereocenters. The minimum Gasteiger partial charge on any atom is -0.353 e. The molecule has 1 saturated heterocycles. The number of carbonyl (C=O) groups is 2. The van der Waals surface area contributed by atoms with Gasteiger partial charge in [-0.15, -0.1) is 0 Å². The molecule has 1 aliphatic carbocycles. The number of hydrogen-bond donors (Lipinski definition) is 2. The highest BCUT2D eigenvalue weighted by Crippen LogP contribution is 2.39. The van der Waals surface area contributed by atoms with Gasteiger partial charge in [0.25, 0.3) is 15.9 Å². The number of likely N-dealkylation sites (tertiary alicyclic amines) is 1. The Morgan fingerprint density at radius 2 is 1.36 bits per heavy atom. The largest absolute Gasteiger partial charge is 0.416 e. The Labute approximate surface area is 239 Å². The Balaban J connectivity index is 1.64. The van der Waals surface area contributed by atoms with Gasteiger partial charge in [0.2, 0.25) is 5.91 Å². The van der Waals surface area contributed by atoms with Gasteiger partial charge in [0.05, 0.1) is 16.0 Å². The molecule has 14 heteroatoms. The standard InChI is InChI=1S/C28H31F6N3O4S/c29-27(30,31)20-15-19(16-21(17-20)28(32,33)34)24(26(39)36-42(40,41)23-9-5-2-6-10-23)37-13-11-18(12-14-37)25(38)35-22-7-3-1-4-8-22/h2,5-6,9-10,15-18,22,24H,1,3-4,7-8,11-14H2,(H,35,38)(H,36,39). The van der Waals surface area contributed by atoms with Crippen LogP contribution in [-0.2, 0) is 32.0 Å². The van der Waals surface area contributed by atoms with E-state index in [1.165, 1.54) is 35.2 Å². The Kier molecular flexibility index (Phi) is 9.55. The maximum Gasteiger partial charge on any atom is 0.416 e. The molecule has 2 fully saturated rings. The molecule has 1 saturated carbocycles. The molecule has 1 aliphatic heterocycles. The lowest BCUT2D eigenvalue weighted by Gasteiger charge is -2.37. The highest BCUT2D eigenvalue weighted by Gasteiger charge is 2.41. The van der Waals surface area contributed by atoms with E-state index in [0.29, 0.717) is 12.1 Å². The average Bonchev–Trinajstić information content (AvgIpc) is 2.93. The zero-order chi connectivity index (χ0) is 30.7. The number of nitrogens with zero attached hydrogens (tertiary/aromatic N) is 1. The van der Waals surface area contributed by atoms with E-state index in [1.807, 2.05) is 4.72 Å². The van der Waals surface area contributed by atoms with Crippen molar-refractivity contribution in [3.05, 3.63) is 65.2 Å². The molecule has 2 aromatic rings. The number of sulfonamides is 1. The fourth-order valence-corrected chi connectivity index (χ4v) is 6.51. The second kappa shape index (κ2) is 12.6. The first-order valence-corrected chi connectivity index (χ1v) is 15.1. The molecule has 0 aromatic heterocycles. The van der Waals surface area contributed by atoms with Crippen molar-refractivity contribution in [2.45, 2.75) is 74.3 Å². The maximum atomic E-state index is 13.6. The number of alkyl halides is 6. The molecule has 42 heavy (non-hydrogen) atoms. The fraction of sp³-hybridized carbons (Fsp3) is 0.500. The molecule has 2 N–H and O–H groups in total. The molecule has 2 aromatic carbocycles. The molecule has 2 aliphatic rings. The number of amides is 2. The number of piperidine rings is 1. The molecular weight excluding hydrogens is 588 g/mol. The Hall–Kier alpha value is -3.13. The Bertz CT molecular complexity index is 1340. The molecule has 1 heterocycles. The van der Waals surface area contributed by atoms with Crippen molar-refractivity contribution < 1.29 is 44.3 Å². The van der Waals surface area contributed by atoms with Crippen LogP contribution in [0.4, 0.5) is 26.3 Å². The summed E-state index contributed by atoms with van der Waals surface area (Å²) >= 11 is 0. The maximum absolute atomic E-state index is 13.6. The third-order valence-electron chi connectivity index (χ3n) is 7.68. The number of hydrogen-bond acceptors (Lipinski definition) is 5. The summed E-state index contributed by atoms with van der Waals surface area (Å²) in [5, 5.41) is 3.02. The van der Waals surface area contributed by atoms with Crippen LogP contribution in [0.15, 0.2) is 53.4 Å². The van der Waals surface area contributed by atoms with E-state index in [1.54, 1.807) is 0 Å². The summed E-state index contributed by atoms with van der Waals surface area (Å²) in [6, 6.07) is 5.73. The van der Waals surface area contributed by atoms with E-state index in [9.17, 15) is 44.3 Å². The van der Waals surface area contributed by atoms with Crippen LogP contribution < -0.4 is 10.0 Å². The number of rotatable bonds is 7. The minimum atomic E-state index is -5.17. The summed E-state index contributed by atoms with van der Waals surface area (Å²) in [6.45, 7) is -0.0758. The second-order valence-electron chi connectivity index (χ2n) is 10.7. The van der Waals surface area contributed by atoms with Crippen LogP contribution in [0.5, 0.6) is 0 Å². The van der Waals surface area contributed by atoms with Crippen LogP contribution in [0, 0.1) is 5.92 Å². The van der Waals surface area contributed by atoms with Crippen LogP contribution in [0.1, 0.15) is 67.7 Å². The second-order valence-corrected chi connectivity index (χ2v) is 12.4. The van der Waals surface area contributed by atoms with Gasteiger partial charge in [0, 0.05) is 12.0 Å². The van der Waals surface area contributed by atoms with Crippen LogP contribution in [0.25, 0.3) is 0 Å². The van der Waals surface area contributed by atoms with Gasteiger partial charge in [-0.2, -0.15) is 26.3 Å². The number of benzene rings is 2. The van der Waals surface area contributed by atoms with E-state index >= 15 is 0 Å². The molecule has 0 spiro atoms. The number of halogens is 6. The van der Waals surface area contributed by atoms with Gasteiger partial charge in [-0.05, 0) is 74.7 Å². The van der Waals surface area contributed by atoms with Gasteiger partial charge in [0.15, 0.2) is 0 Å². The zero-order valence-electron chi connectivity index (χ0n) is 22.5. The van der Waals surface area contributed by atoms with Crippen molar-refractivity contribution in [3.8, 4) is 0 Å². The lowest BCUT2D eigenvalue weighted by molar-refractivity contribution is -0.143. The zero-order valence-corrected chi connectivity index (χ0v) is 23.3. The molecule has 4 rings (SSSR count). The highest BCUT2D eigenvalue weighted by atomic mass is 32.2. The molecule has 0 bridgehead atoms. The van der Waals surface area contributed by atoms with Crippen molar-refractivity contribution >= 4 is 21.8 Å². The van der Waals surface area contributed by atoms with Gasteiger partial charge in [0.1, 0.15) is 6.04 Å². The van der Waals surface area contributed by atoms with Crippen LogP contribution in [-0.4, -0.2) is 44.3 Å². The predicted molar refractivity (Wildman–Crippen MR) is 140 cm³/mol. The van der Waals surface area contributed by atoms with Gasteiger partial charge in [-0.1, -0.05) is 37.5 Å². The monoisotopic (exact) mass is 619 g/mol. The van der Waals surface area contributed by atoms with E-state index in [-0.39, 0.29) is 48.8 Å². The first-order chi connectivity index (χ1) is 19.6. The summed E-state index contributed by atoms with van der Waals surface area (Å²) < 4.78 is 109. The molecule has 7 nitrogen and oxygen atoms in total. The summed E-state index contributed by atoms with van der Waals surface area (Å²) in [5.41, 5.74) is -3.92. The van der Waals surface area contributed by atoms with Gasteiger partial charge in [-0.3, -0.25) is 14.5 Å². The summed E-state index contributed by atoms with van der Waals surface area (Å²) in [4.78, 5) is 27.3. The predicted octanol–water partition coefficient (Wildman–Crippen LogP) is 5.43. The van der Waals surface area contributed by atoms with E-state index < -0.39 is 56.9 Å². The first-order valence-electron chi connectivity index (χ1n) is 13.6. The van der Waals surface area contributed by atoms with Crippen molar-refractivity contribution in [1.82, 2.24) is 14.9 Å². The third kappa shape index (κ3) is 7.82. The van der Waals surface area contributed by atoms with Crippen molar-refractivity contribution in [3.63, 3.8) is 0 Å². The highest BCUT2D eigenvalue weighted by molar-refractivity contribution is 7.90. The number of carbonyl (C=O) groups excluding carboxylic acids is 2.